The number of nitrogens with one attached hydrogen (secondary N) is 1. The van der Waals surface area contributed by atoms with E-state index in [9.17, 15) is 8.78 Å². The average molecular weight is 432 g/mol. The summed E-state index contributed by atoms with van der Waals surface area (Å²) in [4.78, 5) is 0. The quantitative estimate of drug-likeness (QED) is 0.404. The number of rotatable bonds is 10. The Morgan fingerprint density at radius 3 is 2.43 bits per heavy atom. The van der Waals surface area contributed by atoms with Crippen molar-refractivity contribution in [1.82, 2.24) is 5.32 Å². The van der Waals surface area contributed by atoms with Crippen LogP contribution in [0.3, 0.4) is 0 Å². The molecule has 3 rings (SSSR count). The van der Waals surface area contributed by atoms with E-state index in [-0.39, 0.29) is 18.2 Å². The van der Waals surface area contributed by atoms with E-state index in [2.05, 4.69) is 5.32 Å². The largest absolute Gasteiger partial charge is 0.490 e. The van der Waals surface area contributed by atoms with Gasteiger partial charge in [0.15, 0.2) is 11.5 Å². The summed E-state index contributed by atoms with van der Waals surface area (Å²) in [6, 6.07) is 16.6. The summed E-state index contributed by atoms with van der Waals surface area (Å²) in [7, 11) is 0. The van der Waals surface area contributed by atoms with Gasteiger partial charge < -0.3 is 14.8 Å². The van der Waals surface area contributed by atoms with Crippen LogP contribution in [-0.4, -0.2) is 13.2 Å². The molecule has 0 aromatic heterocycles. The minimum absolute atomic E-state index is 0.191. The molecule has 3 nitrogen and oxygen atoms in total. The highest BCUT2D eigenvalue weighted by molar-refractivity contribution is 6.32. The summed E-state index contributed by atoms with van der Waals surface area (Å²) in [5, 5.41) is 3.74. The van der Waals surface area contributed by atoms with Gasteiger partial charge in [-0.25, -0.2) is 8.78 Å². The van der Waals surface area contributed by atoms with Crippen LogP contribution in [0.5, 0.6) is 11.5 Å². The normalized spacial score (nSPS) is 10.8. The van der Waals surface area contributed by atoms with E-state index in [0.717, 1.165) is 11.1 Å². The summed E-state index contributed by atoms with van der Waals surface area (Å²) in [5.41, 5.74) is 2.45. The third kappa shape index (κ3) is 6.18. The molecule has 3 aromatic rings. The van der Waals surface area contributed by atoms with Gasteiger partial charge in [0, 0.05) is 6.54 Å². The second kappa shape index (κ2) is 11.0. The van der Waals surface area contributed by atoms with Crippen LogP contribution in [0.4, 0.5) is 8.78 Å². The molecule has 30 heavy (non-hydrogen) atoms. The maximum absolute atomic E-state index is 13.7. The Labute approximate surface area is 180 Å². The van der Waals surface area contributed by atoms with Gasteiger partial charge in [-0.05, 0) is 66.9 Å². The topological polar surface area (TPSA) is 30.5 Å². The van der Waals surface area contributed by atoms with Crippen LogP contribution in [0.2, 0.25) is 5.02 Å². The summed E-state index contributed by atoms with van der Waals surface area (Å²) in [6.07, 6.45) is 0.595. The van der Waals surface area contributed by atoms with Crippen molar-refractivity contribution in [2.24, 2.45) is 0 Å². The van der Waals surface area contributed by atoms with E-state index in [0.29, 0.717) is 48.2 Å². The first-order valence-corrected chi connectivity index (χ1v) is 10.2. The third-order valence-electron chi connectivity index (χ3n) is 4.52. The summed E-state index contributed by atoms with van der Waals surface area (Å²) in [5.74, 6) is 0.526. The van der Waals surface area contributed by atoms with E-state index >= 15 is 0 Å². The minimum Gasteiger partial charge on any atom is -0.490 e. The van der Waals surface area contributed by atoms with E-state index in [1.54, 1.807) is 24.3 Å². The minimum atomic E-state index is -0.293. The fourth-order valence-corrected chi connectivity index (χ4v) is 3.31. The molecule has 0 radical (unpaired) electrons. The Kier molecular flexibility index (Phi) is 8.05. The molecule has 1 N–H and O–H groups in total. The molecule has 0 heterocycles. The zero-order valence-electron chi connectivity index (χ0n) is 16.8. The summed E-state index contributed by atoms with van der Waals surface area (Å²) in [6.45, 7) is 3.79. The maximum atomic E-state index is 13.7. The van der Waals surface area contributed by atoms with E-state index in [4.69, 9.17) is 21.1 Å². The average Bonchev–Trinajstić information content (AvgIpc) is 2.73. The number of benzene rings is 3. The lowest BCUT2D eigenvalue weighted by Crippen LogP contribution is -2.17. The molecule has 158 valence electrons. The molecule has 6 heteroatoms. The molecule has 0 fully saturated rings. The van der Waals surface area contributed by atoms with Crippen molar-refractivity contribution in [3.05, 3.63) is 94.0 Å². The molecule has 0 unspecified atom stereocenters. The van der Waals surface area contributed by atoms with Crippen molar-refractivity contribution in [3.63, 3.8) is 0 Å². The van der Waals surface area contributed by atoms with Gasteiger partial charge in [0.1, 0.15) is 18.2 Å². The smallest absolute Gasteiger partial charge is 0.180 e. The Hall–Kier alpha value is -2.63. The Bertz CT molecular complexity index is 964. The fourth-order valence-electron chi connectivity index (χ4n) is 3.02. The van der Waals surface area contributed by atoms with Crippen LogP contribution in [-0.2, 0) is 19.6 Å². The van der Waals surface area contributed by atoms with Crippen molar-refractivity contribution in [2.45, 2.75) is 26.5 Å². The van der Waals surface area contributed by atoms with E-state index in [1.165, 1.54) is 18.2 Å². The molecule has 0 aliphatic carbocycles. The lowest BCUT2D eigenvalue weighted by Gasteiger charge is -2.16. The zero-order chi connectivity index (χ0) is 21.3. The van der Waals surface area contributed by atoms with Gasteiger partial charge in [-0.3, -0.25) is 0 Å². The molecular weight excluding hydrogens is 408 g/mol. The highest BCUT2D eigenvalue weighted by atomic mass is 35.5. The predicted octanol–water partition coefficient (Wildman–Crippen LogP) is 5.93. The van der Waals surface area contributed by atoms with Gasteiger partial charge in [-0.15, -0.1) is 0 Å². The highest BCUT2D eigenvalue weighted by Gasteiger charge is 2.13. The predicted molar refractivity (Wildman–Crippen MR) is 115 cm³/mol. The maximum Gasteiger partial charge on any atom is 0.180 e. The van der Waals surface area contributed by atoms with E-state index < -0.39 is 0 Å². The van der Waals surface area contributed by atoms with Gasteiger partial charge >= 0.3 is 0 Å². The van der Waals surface area contributed by atoms with Crippen LogP contribution < -0.4 is 14.8 Å². The lowest BCUT2D eigenvalue weighted by molar-refractivity contribution is 0.269. The molecule has 0 spiro atoms. The molecular formula is C24H24ClF2NO2. The first-order chi connectivity index (χ1) is 14.6. The van der Waals surface area contributed by atoms with Crippen LogP contribution in [0.1, 0.15) is 23.6 Å². The number of halogens is 3. The molecule has 0 saturated carbocycles. The SMILES string of the molecule is CCOc1cc(CNCCc2ccccc2F)cc(Cl)c1OCc1ccc(F)cc1. The second-order valence-electron chi connectivity index (χ2n) is 6.77. The van der Waals surface area contributed by atoms with E-state index in [1.807, 2.05) is 25.1 Å². The van der Waals surface area contributed by atoms with Crippen LogP contribution >= 0.6 is 11.6 Å². The number of hydrogen-bond donors (Lipinski definition) is 1. The van der Waals surface area contributed by atoms with Gasteiger partial charge in [0.05, 0.1) is 11.6 Å². The summed E-state index contributed by atoms with van der Waals surface area (Å²) >= 11 is 6.45. The molecule has 0 aliphatic heterocycles. The van der Waals surface area contributed by atoms with Gasteiger partial charge in [-0.2, -0.15) is 0 Å². The fraction of sp³-hybridized carbons (Fsp3) is 0.250. The number of ether oxygens (including phenoxy) is 2. The molecule has 0 atom stereocenters. The Morgan fingerprint density at radius 2 is 1.70 bits per heavy atom. The van der Waals surface area contributed by atoms with Crippen molar-refractivity contribution in [2.75, 3.05) is 13.2 Å². The van der Waals surface area contributed by atoms with Crippen LogP contribution in [0.25, 0.3) is 0 Å². The van der Waals surface area contributed by atoms with Crippen LogP contribution in [0, 0.1) is 11.6 Å². The molecule has 0 amide bonds. The Morgan fingerprint density at radius 1 is 0.933 bits per heavy atom. The van der Waals surface area contributed by atoms with Crippen molar-refractivity contribution in [3.8, 4) is 11.5 Å². The lowest BCUT2D eigenvalue weighted by atomic mass is 10.1. The first kappa shape index (κ1) is 22.1. The van der Waals surface area contributed by atoms with Crippen molar-refractivity contribution >= 4 is 11.6 Å². The highest BCUT2D eigenvalue weighted by Crippen LogP contribution is 2.37. The van der Waals surface area contributed by atoms with Gasteiger partial charge in [-0.1, -0.05) is 41.9 Å². The third-order valence-corrected chi connectivity index (χ3v) is 4.80. The van der Waals surface area contributed by atoms with Gasteiger partial charge in [0.25, 0.3) is 0 Å². The molecule has 0 aliphatic rings. The van der Waals surface area contributed by atoms with Crippen molar-refractivity contribution in [1.29, 1.82) is 0 Å². The first-order valence-electron chi connectivity index (χ1n) is 9.83. The van der Waals surface area contributed by atoms with Crippen LogP contribution in [0.15, 0.2) is 60.7 Å². The second-order valence-corrected chi connectivity index (χ2v) is 7.18. The molecule has 3 aromatic carbocycles. The monoisotopic (exact) mass is 431 g/mol. The molecule has 0 bridgehead atoms. The van der Waals surface area contributed by atoms with Crippen molar-refractivity contribution < 1.29 is 18.3 Å². The zero-order valence-corrected chi connectivity index (χ0v) is 17.5. The Balaban J connectivity index is 1.61. The summed E-state index contributed by atoms with van der Waals surface area (Å²) < 4.78 is 38.3. The van der Waals surface area contributed by atoms with Gasteiger partial charge in [0.2, 0.25) is 0 Å². The standard InChI is InChI=1S/C24H24ClF2NO2/c1-2-29-23-14-18(15-28-12-11-19-5-3-4-6-22(19)27)13-21(25)24(23)30-16-17-7-9-20(26)10-8-17/h3-10,13-14,28H,2,11-12,15-16H2,1H3. The molecule has 0 saturated heterocycles. The number of hydrogen-bond acceptors (Lipinski definition) is 3.